The highest BCUT2D eigenvalue weighted by molar-refractivity contribution is 5.85. The maximum Gasteiger partial charge on any atom is 0.328 e. The highest BCUT2D eigenvalue weighted by atomic mass is 19.1. The maximum absolute atomic E-state index is 13.7. The fourth-order valence-corrected chi connectivity index (χ4v) is 2.24. The zero-order valence-corrected chi connectivity index (χ0v) is 11.6. The molecule has 0 aliphatic carbocycles. The highest BCUT2D eigenvalue weighted by Gasteiger charge is 2.10. The van der Waals surface area contributed by atoms with E-state index in [1.165, 1.54) is 6.07 Å². The Morgan fingerprint density at radius 3 is 2.55 bits per heavy atom. The Morgan fingerprint density at radius 2 is 1.95 bits per heavy atom. The zero-order valence-electron chi connectivity index (χ0n) is 11.6. The predicted molar refractivity (Wildman–Crippen MR) is 76.6 cm³/mol. The molecule has 0 unspecified atom stereocenters. The summed E-state index contributed by atoms with van der Waals surface area (Å²) in [4.78, 5) is 10.6. The average molecular weight is 273 g/mol. The first-order valence-electron chi connectivity index (χ1n) is 6.26. The third-order valence-corrected chi connectivity index (χ3v) is 3.29. The zero-order chi connectivity index (χ0) is 14.9. The number of rotatable bonds is 3. The lowest BCUT2D eigenvalue weighted by Gasteiger charge is -2.10. The van der Waals surface area contributed by atoms with Crippen LogP contribution in [0.4, 0.5) is 4.39 Å². The van der Waals surface area contributed by atoms with Crippen molar-refractivity contribution in [2.45, 2.75) is 20.8 Å². The lowest BCUT2D eigenvalue weighted by atomic mass is 10.2. The molecule has 104 valence electrons. The minimum Gasteiger partial charge on any atom is -0.478 e. The van der Waals surface area contributed by atoms with Crippen LogP contribution in [0.1, 0.15) is 22.5 Å². The first kappa shape index (κ1) is 14.1. The van der Waals surface area contributed by atoms with Gasteiger partial charge in [0, 0.05) is 23.2 Å². The number of benzene rings is 1. The largest absolute Gasteiger partial charge is 0.478 e. The van der Waals surface area contributed by atoms with Gasteiger partial charge in [0.1, 0.15) is 5.82 Å². The molecule has 4 heteroatoms. The molecule has 2 rings (SSSR count). The Morgan fingerprint density at radius 1 is 1.25 bits per heavy atom. The number of nitrogens with zero attached hydrogens (tertiary/aromatic N) is 1. The van der Waals surface area contributed by atoms with E-state index in [1.807, 2.05) is 30.5 Å². The topological polar surface area (TPSA) is 42.2 Å². The highest BCUT2D eigenvalue weighted by Crippen LogP contribution is 2.23. The van der Waals surface area contributed by atoms with Gasteiger partial charge in [0.05, 0.1) is 0 Å². The summed E-state index contributed by atoms with van der Waals surface area (Å²) in [6.07, 6.45) is 2.65. The van der Waals surface area contributed by atoms with Crippen molar-refractivity contribution in [3.8, 4) is 5.69 Å². The quantitative estimate of drug-likeness (QED) is 0.867. The smallest absolute Gasteiger partial charge is 0.328 e. The van der Waals surface area contributed by atoms with Crippen LogP contribution in [0.3, 0.4) is 0 Å². The van der Waals surface area contributed by atoms with Crippen molar-refractivity contribution in [3.05, 3.63) is 58.7 Å². The third-order valence-electron chi connectivity index (χ3n) is 3.29. The molecule has 0 fully saturated rings. The Balaban J connectivity index is 2.52. The summed E-state index contributed by atoms with van der Waals surface area (Å²) >= 11 is 0. The van der Waals surface area contributed by atoms with Crippen LogP contribution >= 0.6 is 0 Å². The van der Waals surface area contributed by atoms with E-state index < -0.39 is 5.97 Å². The van der Waals surface area contributed by atoms with Gasteiger partial charge in [0.25, 0.3) is 0 Å². The molecule has 0 amide bonds. The Hall–Kier alpha value is -2.36. The van der Waals surface area contributed by atoms with E-state index in [1.54, 1.807) is 19.1 Å². The summed E-state index contributed by atoms with van der Waals surface area (Å²) in [5.41, 5.74) is 3.95. The predicted octanol–water partition coefficient (Wildman–Crippen LogP) is 3.64. The van der Waals surface area contributed by atoms with Crippen molar-refractivity contribution in [2.75, 3.05) is 0 Å². The van der Waals surface area contributed by atoms with Gasteiger partial charge in [-0.3, -0.25) is 0 Å². The summed E-state index contributed by atoms with van der Waals surface area (Å²) in [6.45, 7) is 5.50. The van der Waals surface area contributed by atoms with Gasteiger partial charge in [-0.25, -0.2) is 9.18 Å². The van der Waals surface area contributed by atoms with Crippen LogP contribution in [-0.4, -0.2) is 15.6 Å². The normalized spacial score (nSPS) is 11.2. The van der Waals surface area contributed by atoms with E-state index in [-0.39, 0.29) is 5.82 Å². The molecular formula is C16H16FNO2. The van der Waals surface area contributed by atoms with Crippen LogP contribution in [-0.2, 0) is 4.79 Å². The molecular weight excluding hydrogens is 257 g/mol. The molecule has 1 heterocycles. The first-order valence-corrected chi connectivity index (χ1v) is 6.26. The number of halogens is 1. The van der Waals surface area contributed by atoms with Crippen LogP contribution in [0, 0.1) is 26.6 Å². The van der Waals surface area contributed by atoms with Gasteiger partial charge in [-0.05, 0) is 56.2 Å². The minimum absolute atomic E-state index is 0.252. The number of carbonyl (C=O) groups is 1. The summed E-state index contributed by atoms with van der Waals surface area (Å²) in [7, 11) is 0. The molecule has 0 bridgehead atoms. The molecule has 1 aromatic carbocycles. The standard InChI is InChI=1S/C16H16FNO2/c1-10-4-6-14(9-15(10)17)18-11(2)8-13(12(18)3)5-7-16(19)20/h4-9H,1-3H3,(H,19,20). The van der Waals surface area contributed by atoms with E-state index in [2.05, 4.69) is 0 Å². The van der Waals surface area contributed by atoms with Crippen LogP contribution in [0.25, 0.3) is 11.8 Å². The first-order chi connectivity index (χ1) is 9.40. The molecule has 3 nitrogen and oxygen atoms in total. The Labute approximate surface area is 117 Å². The van der Waals surface area contributed by atoms with E-state index in [4.69, 9.17) is 5.11 Å². The van der Waals surface area contributed by atoms with E-state index in [0.29, 0.717) is 5.56 Å². The SMILES string of the molecule is Cc1ccc(-n2c(C)cc(C=CC(=O)O)c2C)cc1F. The number of hydrogen-bond acceptors (Lipinski definition) is 1. The molecule has 0 aliphatic heterocycles. The summed E-state index contributed by atoms with van der Waals surface area (Å²) in [6, 6.07) is 6.95. The van der Waals surface area contributed by atoms with Crippen molar-refractivity contribution in [1.82, 2.24) is 4.57 Å². The van der Waals surface area contributed by atoms with Crippen molar-refractivity contribution < 1.29 is 14.3 Å². The van der Waals surface area contributed by atoms with Crippen LogP contribution in [0.15, 0.2) is 30.3 Å². The van der Waals surface area contributed by atoms with Gasteiger partial charge in [0.15, 0.2) is 0 Å². The lowest BCUT2D eigenvalue weighted by Crippen LogP contribution is -2.00. The van der Waals surface area contributed by atoms with Crippen LogP contribution in [0.5, 0.6) is 0 Å². The minimum atomic E-state index is -0.990. The van der Waals surface area contributed by atoms with Gasteiger partial charge in [-0.2, -0.15) is 0 Å². The second-order valence-corrected chi connectivity index (χ2v) is 4.77. The molecule has 1 aromatic heterocycles. The Bertz CT molecular complexity index is 699. The van der Waals surface area contributed by atoms with Crippen LogP contribution in [0.2, 0.25) is 0 Å². The number of aliphatic carboxylic acids is 1. The van der Waals surface area contributed by atoms with E-state index in [9.17, 15) is 9.18 Å². The van der Waals surface area contributed by atoms with E-state index >= 15 is 0 Å². The fraction of sp³-hybridized carbons (Fsp3) is 0.188. The van der Waals surface area contributed by atoms with Crippen molar-refractivity contribution >= 4 is 12.0 Å². The monoisotopic (exact) mass is 273 g/mol. The molecule has 0 radical (unpaired) electrons. The second kappa shape index (κ2) is 5.33. The molecule has 1 N–H and O–H groups in total. The van der Waals surface area contributed by atoms with Crippen molar-refractivity contribution in [3.63, 3.8) is 0 Å². The number of hydrogen-bond donors (Lipinski definition) is 1. The van der Waals surface area contributed by atoms with Crippen molar-refractivity contribution in [1.29, 1.82) is 0 Å². The number of aryl methyl sites for hydroxylation is 2. The van der Waals surface area contributed by atoms with Gasteiger partial charge >= 0.3 is 5.97 Å². The summed E-state index contributed by atoms with van der Waals surface area (Å²) in [5, 5.41) is 8.68. The Kier molecular flexibility index (Phi) is 3.74. The molecule has 0 aliphatic rings. The van der Waals surface area contributed by atoms with Crippen LogP contribution < -0.4 is 0 Å². The molecule has 0 saturated heterocycles. The van der Waals surface area contributed by atoms with Gasteiger partial charge in [0.2, 0.25) is 0 Å². The second-order valence-electron chi connectivity index (χ2n) is 4.77. The van der Waals surface area contributed by atoms with Gasteiger partial charge < -0.3 is 9.67 Å². The summed E-state index contributed by atoms with van der Waals surface area (Å²) < 4.78 is 15.6. The lowest BCUT2D eigenvalue weighted by molar-refractivity contribution is -0.131. The average Bonchev–Trinajstić information content (AvgIpc) is 2.65. The van der Waals surface area contributed by atoms with Gasteiger partial charge in [-0.1, -0.05) is 6.07 Å². The molecule has 20 heavy (non-hydrogen) atoms. The van der Waals surface area contributed by atoms with E-state index in [0.717, 1.165) is 28.7 Å². The summed E-state index contributed by atoms with van der Waals surface area (Å²) in [5.74, 6) is -1.24. The fourth-order valence-electron chi connectivity index (χ4n) is 2.24. The molecule has 2 aromatic rings. The number of carboxylic acid groups (broad SMARTS) is 1. The van der Waals surface area contributed by atoms with Crippen molar-refractivity contribution in [2.24, 2.45) is 0 Å². The maximum atomic E-state index is 13.7. The molecule has 0 spiro atoms. The number of carboxylic acids is 1. The third kappa shape index (κ3) is 2.64. The molecule has 0 saturated carbocycles. The van der Waals surface area contributed by atoms with Gasteiger partial charge in [-0.15, -0.1) is 0 Å². The molecule has 0 atom stereocenters. The number of aromatic nitrogens is 1.